The summed E-state index contributed by atoms with van der Waals surface area (Å²) in [6.07, 6.45) is 1.99. The van der Waals surface area contributed by atoms with Crippen molar-refractivity contribution in [2.45, 2.75) is 0 Å². The van der Waals surface area contributed by atoms with Crippen molar-refractivity contribution in [3.05, 3.63) is 170 Å². The molecule has 0 amide bonds. The van der Waals surface area contributed by atoms with Gasteiger partial charge in [0.2, 0.25) is 0 Å². The minimum absolute atomic E-state index is 0.719. The zero-order chi connectivity index (χ0) is 33.5. The van der Waals surface area contributed by atoms with Gasteiger partial charge in [-0.3, -0.25) is 0 Å². The van der Waals surface area contributed by atoms with Gasteiger partial charge in [-0.2, -0.15) is 0 Å². The largest absolute Gasteiger partial charge is 0.309 e. The average Bonchev–Trinajstić information content (AvgIpc) is 3.85. The van der Waals surface area contributed by atoms with Gasteiger partial charge in [-0.15, -0.1) is 11.3 Å². The number of para-hydroxylation sites is 3. The standard InChI is InChI=1S/C46H28N4S/c1-2-11-29(12-3-1)30-21-23-37-36-17-6-9-20-41(36)50(42(37)26-30)32-14-10-13-31(25-32)46-47-28-44-45(48-46)38-27-33(22-24-43(38)51-44)49-39-18-7-4-15-34(39)35-16-5-8-19-40(35)49/h1-28H. The SMILES string of the molecule is c1ccc(-c2ccc3c4ccccc4n(-c4cccc(-c5ncc6sc7ccc(-n8c9ccccc9c9ccccc98)cc7c6n5)c4)c3c2)cc1. The van der Waals surface area contributed by atoms with E-state index in [2.05, 4.69) is 173 Å². The molecule has 0 spiro atoms. The zero-order valence-corrected chi connectivity index (χ0v) is 28.2. The normalized spacial score (nSPS) is 11.9. The highest BCUT2D eigenvalue weighted by atomic mass is 32.1. The first-order valence-corrected chi connectivity index (χ1v) is 18.0. The molecule has 0 aliphatic rings. The molecule has 5 heteroatoms. The maximum Gasteiger partial charge on any atom is 0.159 e. The van der Waals surface area contributed by atoms with Crippen LogP contribution in [-0.4, -0.2) is 19.1 Å². The molecule has 0 atom stereocenters. The Hall–Kier alpha value is -6.56. The zero-order valence-electron chi connectivity index (χ0n) is 27.4. The Kier molecular flexibility index (Phi) is 6.09. The summed E-state index contributed by atoms with van der Waals surface area (Å²) in [6, 6.07) is 58.7. The molecule has 0 saturated carbocycles. The molecule has 11 rings (SSSR count). The second kappa shape index (κ2) is 11.0. The maximum atomic E-state index is 5.26. The average molecular weight is 669 g/mol. The Morgan fingerprint density at radius 1 is 0.392 bits per heavy atom. The van der Waals surface area contributed by atoms with Crippen LogP contribution in [0.1, 0.15) is 0 Å². The van der Waals surface area contributed by atoms with Crippen LogP contribution in [0.5, 0.6) is 0 Å². The third-order valence-corrected chi connectivity index (χ3v) is 11.3. The minimum atomic E-state index is 0.719. The van der Waals surface area contributed by atoms with Crippen LogP contribution >= 0.6 is 11.3 Å². The van der Waals surface area contributed by atoms with Crippen LogP contribution in [0.4, 0.5) is 0 Å². The van der Waals surface area contributed by atoms with Crippen molar-refractivity contribution in [3.63, 3.8) is 0 Å². The van der Waals surface area contributed by atoms with Crippen LogP contribution in [-0.2, 0) is 0 Å². The third kappa shape index (κ3) is 4.32. The number of aromatic nitrogens is 4. The van der Waals surface area contributed by atoms with Crippen molar-refractivity contribution >= 4 is 75.3 Å². The fraction of sp³-hybridized carbons (Fsp3) is 0. The van der Waals surface area contributed by atoms with Crippen LogP contribution in [0.3, 0.4) is 0 Å². The van der Waals surface area contributed by atoms with Crippen LogP contribution in [0.25, 0.3) is 97.8 Å². The van der Waals surface area contributed by atoms with E-state index in [1.807, 2.05) is 6.20 Å². The van der Waals surface area contributed by atoms with Gasteiger partial charge in [0.25, 0.3) is 0 Å². The molecule has 4 heterocycles. The Morgan fingerprint density at radius 3 is 1.73 bits per heavy atom. The lowest BCUT2D eigenvalue weighted by molar-refractivity contribution is 1.17. The Labute approximate surface area is 297 Å². The lowest BCUT2D eigenvalue weighted by Gasteiger charge is -2.11. The molecule has 0 aliphatic heterocycles. The van der Waals surface area contributed by atoms with Crippen LogP contribution in [0.2, 0.25) is 0 Å². The molecular weight excluding hydrogens is 641 g/mol. The van der Waals surface area contributed by atoms with Gasteiger partial charge in [0.1, 0.15) is 0 Å². The molecule has 0 aliphatic carbocycles. The third-order valence-electron chi connectivity index (χ3n) is 10.2. The summed E-state index contributed by atoms with van der Waals surface area (Å²) in [5.41, 5.74) is 11.3. The van der Waals surface area contributed by atoms with Crippen molar-refractivity contribution in [1.29, 1.82) is 0 Å². The number of rotatable bonds is 4. The Balaban J connectivity index is 1.07. The fourth-order valence-corrected chi connectivity index (χ4v) is 8.87. The van der Waals surface area contributed by atoms with Gasteiger partial charge in [-0.25, -0.2) is 9.97 Å². The fourth-order valence-electron chi connectivity index (χ4n) is 7.87. The first-order chi connectivity index (χ1) is 25.3. The number of hydrogen-bond acceptors (Lipinski definition) is 3. The van der Waals surface area contributed by atoms with Crippen LogP contribution in [0, 0.1) is 0 Å². The molecule has 0 radical (unpaired) electrons. The smallest absolute Gasteiger partial charge is 0.159 e. The molecule has 4 aromatic heterocycles. The summed E-state index contributed by atoms with van der Waals surface area (Å²) in [6.45, 7) is 0. The highest BCUT2D eigenvalue weighted by Crippen LogP contribution is 2.39. The Bertz CT molecular complexity index is 3090. The van der Waals surface area contributed by atoms with Crippen molar-refractivity contribution in [1.82, 2.24) is 19.1 Å². The highest BCUT2D eigenvalue weighted by molar-refractivity contribution is 7.25. The van der Waals surface area contributed by atoms with Gasteiger partial charge >= 0.3 is 0 Å². The molecule has 4 nitrogen and oxygen atoms in total. The molecule has 0 unspecified atom stereocenters. The molecule has 51 heavy (non-hydrogen) atoms. The van der Waals surface area contributed by atoms with E-state index in [0.29, 0.717) is 0 Å². The number of benzene rings is 7. The second-order valence-corrected chi connectivity index (χ2v) is 14.1. The highest BCUT2D eigenvalue weighted by Gasteiger charge is 2.17. The van der Waals surface area contributed by atoms with E-state index in [-0.39, 0.29) is 0 Å². The summed E-state index contributed by atoms with van der Waals surface area (Å²) in [5, 5.41) is 6.13. The van der Waals surface area contributed by atoms with Gasteiger partial charge in [-0.05, 0) is 65.7 Å². The van der Waals surface area contributed by atoms with Crippen molar-refractivity contribution in [3.8, 4) is 33.9 Å². The predicted molar refractivity (Wildman–Crippen MR) is 214 cm³/mol. The molecular formula is C46H28N4S. The van der Waals surface area contributed by atoms with E-state index < -0.39 is 0 Å². The molecule has 11 aromatic rings. The van der Waals surface area contributed by atoms with Crippen LogP contribution < -0.4 is 0 Å². The quantitative estimate of drug-likeness (QED) is 0.187. The van der Waals surface area contributed by atoms with E-state index in [9.17, 15) is 0 Å². The first kappa shape index (κ1) is 28.3. The van der Waals surface area contributed by atoms with E-state index in [4.69, 9.17) is 9.97 Å². The van der Waals surface area contributed by atoms with Crippen LogP contribution in [0.15, 0.2) is 170 Å². The van der Waals surface area contributed by atoms with E-state index >= 15 is 0 Å². The lowest BCUT2D eigenvalue weighted by atomic mass is 10.0. The molecule has 0 N–H and O–H groups in total. The van der Waals surface area contributed by atoms with Gasteiger partial charge < -0.3 is 9.13 Å². The first-order valence-electron chi connectivity index (χ1n) is 17.2. The molecule has 0 bridgehead atoms. The molecule has 0 fully saturated rings. The number of fused-ring (bicyclic) bond motifs is 9. The van der Waals surface area contributed by atoms with E-state index in [1.54, 1.807) is 11.3 Å². The minimum Gasteiger partial charge on any atom is -0.309 e. The number of hydrogen-bond donors (Lipinski definition) is 0. The van der Waals surface area contributed by atoms with Crippen molar-refractivity contribution in [2.75, 3.05) is 0 Å². The summed E-state index contributed by atoms with van der Waals surface area (Å²) in [7, 11) is 0. The van der Waals surface area contributed by atoms with E-state index in [1.165, 1.54) is 59.4 Å². The molecule has 0 saturated heterocycles. The van der Waals surface area contributed by atoms with Crippen molar-refractivity contribution < 1.29 is 0 Å². The van der Waals surface area contributed by atoms with Gasteiger partial charge in [0.05, 0.1) is 32.3 Å². The molecule has 7 aromatic carbocycles. The number of thiophene rings is 1. The van der Waals surface area contributed by atoms with Gasteiger partial charge in [-0.1, -0.05) is 109 Å². The second-order valence-electron chi connectivity index (χ2n) is 13.1. The lowest BCUT2D eigenvalue weighted by Crippen LogP contribution is -1.96. The summed E-state index contributed by atoms with van der Waals surface area (Å²) in [4.78, 5) is 10.2. The molecule has 238 valence electrons. The summed E-state index contributed by atoms with van der Waals surface area (Å²) in [5.74, 6) is 0.719. The van der Waals surface area contributed by atoms with Gasteiger partial charge in [0, 0.05) is 54.8 Å². The summed E-state index contributed by atoms with van der Waals surface area (Å²) >= 11 is 1.74. The monoisotopic (exact) mass is 668 g/mol. The Morgan fingerprint density at radius 2 is 1.00 bits per heavy atom. The predicted octanol–water partition coefficient (Wildman–Crippen LogP) is 12.4. The van der Waals surface area contributed by atoms with E-state index in [0.717, 1.165) is 38.4 Å². The number of nitrogens with zero attached hydrogens (tertiary/aromatic N) is 4. The topological polar surface area (TPSA) is 35.6 Å². The summed E-state index contributed by atoms with van der Waals surface area (Å²) < 4.78 is 7.03. The van der Waals surface area contributed by atoms with Gasteiger partial charge in [0.15, 0.2) is 5.82 Å². The van der Waals surface area contributed by atoms with Crippen molar-refractivity contribution in [2.24, 2.45) is 0 Å². The maximum absolute atomic E-state index is 5.26.